The van der Waals surface area contributed by atoms with Crippen molar-refractivity contribution in [2.24, 2.45) is 4.99 Å². The maximum absolute atomic E-state index is 6.06. The van der Waals surface area contributed by atoms with Crippen LogP contribution in [0.5, 0.6) is 17.4 Å². The van der Waals surface area contributed by atoms with Crippen molar-refractivity contribution in [3.8, 4) is 28.5 Å². The Morgan fingerprint density at radius 3 is 2.70 bits per heavy atom. The molecule has 27 heavy (non-hydrogen) atoms. The summed E-state index contributed by atoms with van der Waals surface area (Å²) in [7, 11) is 3.24. The first-order valence-corrected chi connectivity index (χ1v) is 8.38. The second-order valence-corrected chi connectivity index (χ2v) is 5.57. The van der Waals surface area contributed by atoms with E-state index in [2.05, 4.69) is 26.0 Å². The van der Waals surface area contributed by atoms with Crippen molar-refractivity contribution in [3.05, 3.63) is 60.8 Å². The van der Waals surface area contributed by atoms with Crippen molar-refractivity contribution in [2.45, 2.75) is 6.42 Å². The number of nitrogens with zero attached hydrogens (tertiary/aromatic N) is 4. The number of ether oxygens (including phenoxy) is 3. The lowest BCUT2D eigenvalue weighted by Crippen LogP contribution is -2.00. The highest BCUT2D eigenvalue weighted by molar-refractivity contribution is 5.64. The molecule has 0 aliphatic carbocycles. The Bertz CT molecular complexity index is 901. The average molecular weight is 364 g/mol. The maximum Gasteiger partial charge on any atom is 0.216 e. The van der Waals surface area contributed by atoms with Gasteiger partial charge >= 0.3 is 0 Å². The topological polar surface area (TPSA) is 78.7 Å². The SMILES string of the molecule is CN=COCCc1cc(-c2cncnc2)ccc1Oc1ccnc(OC)c1. The van der Waals surface area contributed by atoms with Gasteiger partial charge in [0.05, 0.1) is 13.7 Å². The number of benzene rings is 1. The molecule has 7 heteroatoms. The van der Waals surface area contributed by atoms with Crippen molar-refractivity contribution in [2.75, 3.05) is 20.8 Å². The van der Waals surface area contributed by atoms with Crippen LogP contribution >= 0.6 is 0 Å². The van der Waals surface area contributed by atoms with E-state index in [1.807, 2.05) is 12.1 Å². The zero-order chi connectivity index (χ0) is 18.9. The Balaban J connectivity index is 1.88. The van der Waals surface area contributed by atoms with E-state index in [9.17, 15) is 0 Å². The minimum Gasteiger partial charge on any atom is -0.483 e. The molecular formula is C20H20N4O3. The molecule has 0 aliphatic rings. The molecule has 0 amide bonds. The van der Waals surface area contributed by atoms with Crippen LogP contribution in [0.2, 0.25) is 0 Å². The normalized spacial score (nSPS) is 10.7. The minimum absolute atomic E-state index is 0.488. The average Bonchev–Trinajstić information content (AvgIpc) is 2.73. The van der Waals surface area contributed by atoms with Crippen LogP contribution in [0, 0.1) is 0 Å². The number of hydrogen-bond acceptors (Lipinski definition) is 7. The fourth-order valence-corrected chi connectivity index (χ4v) is 2.49. The molecule has 0 bridgehead atoms. The Hall–Kier alpha value is -3.48. The highest BCUT2D eigenvalue weighted by Crippen LogP contribution is 2.31. The van der Waals surface area contributed by atoms with Gasteiger partial charge in [0.1, 0.15) is 17.8 Å². The van der Waals surface area contributed by atoms with Crippen LogP contribution in [-0.2, 0) is 11.2 Å². The second-order valence-electron chi connectivity index (χ2n) is 5.57. The number of aromatic nitrogens is 3. The molecule has 0 aliphatic heterocycles. The van der Waals surface area contributed by atoms with Crippen LogP contribution in [-0.4, -0.2) is 42.1 Å². The van der Waals surface area contributed by atoms with Gasteiger partial charge in [-0.25, -0.2) is 15.0 Å². The van der Waals surface area contributed by atoms with Crippen molar-refractivity contribution < 1.29 is 14.2 Å². The third-order valence-corrected chi connectivity index (χ3v) is 3.77. The van der Waals surface area contributed by atoms with Crippen LogP contribution in [0.3, 0.4) is 0 Å². The molecule has 0 unspecified atom stereocenters. The third kappa shape index (κ3) is 5.01. The predicted octanol–water partition coefficient (Wildman–Crippen LogP) is 3.56. The molecule has 0 N–H and O–H groups in total. The molecule has 1 aromatic carbocycles. The molecule has 138 valence electrons. The summed E-state index contributed by atoms with van der Waals surface area (Å²) in [5, 5.41) is 0. The molecular weight excluding hydrogens is 344 g/mol. The van der Waals surface area contributed by atoms with E-state index in [0.29, 0.717) is 24.7 Å². The van der Waals surface area contributed by atoms with Crippen molar-refractivity contribution in [3.63, 3.8) is 0 Å². The van der Waals surface area contributed by atoms with Gasteiger partial charge in [0, 0.05) is 43.7 Å². The lowest BCUT2D eigenvalue weighted by atomic mass is 10.0. The zero-order valence-electron chi connectivity index (χ0n) is 15.2. The molecule has 2 heterocycles. The van der Waals surface area contributed by atoms with Crippen molar-refractivity contribution in [1.82, 2.24) is 15.0 Å². The molecule has 7 nitrogen and oxygen atoms in total. The summed E-state index contributed by atoms with van der Waals surface area (Å²) in [5.74, 6) is 1.88. The summed E-state index contributed by atoms with van der Waals surface area (Å²) < 4.78 is 16.6. The summed E-state index contributed by atoms with van der Waals surface area (Å²) in [5.41, 5.74) is 2.94. The highest BCUT2D eigenvalue weighted by atomic mass is 16.5. The highest BCUT2D eigenvalue weighted by Gasteiger charge is 2.09. The molecule has 3 rings (SSSR count). The number of pyridine rings is 1. The summed E-state index contributed by atoms with van der Waals surface area (Å²) in [6.45, 7) is 0.488. The predicted molar refractivity (Wildman–Crippen MR) is 102 cm³/mol. The van der Waals surface area contributed by atoms with Gasteiger partial charge in [0.2, 0.25) is 5.88 Å². The number of aliphatic imine (C=N–C) groups is 1. The summed E-state index contributed by atoms with van der Waals surface area (Å²) in [6.07, 6.45) is 8.80. The van der Waals surface area contributed by atoms with E-state index < -0.39 is 0 Å². The van der Waals surface area contributed by atoms with Crippen molar-refractivity contribution in [1.29, 1.82) is 0 Å². The van der Waals surface area contributed by atoms with Gasteiger partial charge in [-0.15, -0.1) is 0 Å². The third-order valence-electron chi connectivity index (χ3n) is 3.77. The first kappa shape index (κ1) is 18.3. The van der Waals surface area contributed by atoms with Gasteiger partial charge in [-0.05, 0) is 29.3 Å². The van der Waals surface area contributed by atoms with E-state index in [1.165, 1.54) is 12.7 Å². The molecule has 0 radical (unpaired) electrons. The van der Waals surface area contributed by atoms with E-state index in [1.54, 1.807) is 44.9 Å². The number of rotatable bonds is 8. The first-order valence-electron chi connectivity index (χ1n) is 8.38. The lowest BCUT2D eigenvalue weighted by Gasteiger charge is -2.13. The maximum atomic E-state index is 6.06. The van der Waals surface area contributed by atoms with Crippen LogP contribution in [0.25, 0.3) is 11.1 Å². The van der Waals surface area contributed by atoms with Crippen LogP contribution in [0.4, 0.5) is 0 Å². The number of hydrogen-bond donors (Lipinski definition) is 0. The fourth-order valence-electron chi connectivity index (χ4n) is 2.49. The van der Waals surface area contributed by atoms with E-state index >= 15 is 0 Å². The Labute approximate surface area is 157 Å². The van der Waals surface area contributed by atoms with Gasteiger partial charge in [0.15, 0.2) is 6.40 Å². The molecule has 0 saturated carbocycles. The van der Waals surface area contributed by atoms with Gasteiger partial charge in [-0.3, -0.25) is 4.99 Å². The Morgan fingerprint density at radius 1 is 1.07 bits per heavy atom. The molecule has 0 fully saturated rings. The van der Waals surface area contributed by atoms with Gasteiger partial charge < -0.3 is 14.2 Å². The van der Waals surface area contributed by atoms with Gasteiger partial charge in [0.25, 0.3) is 0 Å². The summed E-state index contributed by atoms with van der Waals surface area (Å²) >= 11 is 0. The Morgan fingerprint density at radius 2 is 1.93 bits per heavy atom. The molecule has 0 atom stereocenters. The van der Waals surface area contributed by atoms with E-state index in [-0.39, 0.29) is 0 Å². The number of methoxy groups -OCH3 is 1. The van der Waals surface area contributed by atoms with Crippen molar-refractivity contribution >= 4 is 6.40 Å². The van der Waals surface area contributed by atoms with Gasteiger partial charge in [-0.1, -0.05) is 6.07 Å². The second kappa shape index (κ2) is 9.28. The molecule has 3 aromatic rings. The van der Waals surface area contributed by atoms with Crippen LogP contribution in [0.15, 0.2) is 60.2 Å². The zero-order valence-corrected chi connectivity index (χ0v) is 15.2. The van der Waals surface area contributed by atoms with Crippen LogP contribution in [0.1, 0.15) is 5.56 Å². The monoisotopic (exact) mass is 364 g/mol. The Kier molecular flexibility index (Phi) is 6.30. The smallest absolute Gasteiger partial charge is 0.216 e. The van der Waals surface area contributed by atoms with E-state index in [4.69, 9.17) is 14.2 Å². The summed E-state index contributed by atoms with van der Waals surface area (Å²) in [4.78, 5) is 16.1. The fraction of sp³-hybridized carbons (Fsp3) is 0.200. The van der Waals surface area contributed by atoms with Gasteiger partial charge in [-0.2, -0.15) is 0 Å². The quantitative estimate of drug-likeness (QED) is 0.345. The minimum atomic E-state index is 0.488. The molecule has 0 saturated heterocycles. The molecule has 0 spiro atoms. The van der Waals surface area contributed by atoms with Crippen LogP contribution < -0.4 is 9.47 Å². The summed E-state index contributed by atoms with van der Waals surface area (Å²) in [6, 6.07) is 9.48. The van der Waals surface area contributed by atoms with E-state index in [0.717, 1.165) is 22.4 Å². The molecule has 2 aromatic heterocycles. The first-order chi connectivity index (χ1) is 13.3. The largest absolute Gasteiger partial charge is 0.483 e. The standard InChI is InChI=1S/C20H20N4O3/c1-21-14-26-8-6-16-9-15(17-11-22-13-23-12-17)3-4-19(16)27-18-5-7-24-20(10-18)25-2/h3-5,7,9-14H,6,8H2,1-2H3. The lowest BCUT2D eigenvalue weighted by molar-refractivity contribution is 0.321.